The lowest BCUT2D eigenvalue weighted by atomic mass is 10.1. The first-order valence-corrected chi connectivity index (χ1v) is 11.6. The molecule has 8 heteroatoms. The van der Waals surface area contributed by atoms with Gasteiger partial charge in [0.1, 0.15) is 18.4 Å². The number of nitrogens with zero attached hydrogens (tertiary/aromatic N) is 1. The molecule has 0 bridgehead atoms. The van der Waals surface area contributed by atoms with Crippen molar-refractivity contribution in [3.63, 3.8) is 0 Å². The standard InChI is InChI=1S/C21H27ClN2O4S/c1-5-20(24(29(4,26)27)18-9-7-17(22)8-10-18)21(25)23-12-13-28-19-11-6-15(2)16(3)14-19/h6-11,14,20H,5,12-13H2,1-4H3,(H,23,25)/t20-/m1/s1. The Morgan fingerprint density at radius 1 is 1.14 bits per heavy atom. The molecule has 29 heavy (non-hydrogen) atoms. The zero-order valence-electron chi connectivity index (χ0n) is 17.1. The SMILES string of the molecule is CC[C@H](C(=O)NCCOc1ccc(C)c(C)c1)N(c1ccc(Cl)cc1)S(C)(=O)=O. The van der Waals surface area contributed by atoms with Gasteiger partial charge in [0.25, 0.3) is 0 Å². The summed E-state index contributed by atoms with van der Waals surface area (Å²) in [4.78, 5) is 12.7. The van der Waals surface area contributed by atoms with Gasteiger partial charge in [-0.05, 0) is 67.8 Å². The number of carbonyl (C=O) groups excluding carboxylic acids is 1. The third-order valence-electron chi connectivity index (χ3n) is 4.56. The number of hydrogen-bond acceptors (Lipinski definition) is 4. The summed E-state index contributed by atoms with van der Waals surface area (Å²) >= 11 is 5.90. The summed E-state index contributed by atoms with van der Waals surface area (Å²) in [7, 11) is -3.67. The summed E-state index contributed by atoms with van der Waals surface area (Å²) in [6.45, 7) is 6.35. The smallest absolute Gasteiger partial charge is 0.244 e. The first kappa shape index (κ1) is 23.0. The molecule has 6 nitrogen and oxygen atoms in total. The minimum Gasteiger partial charge on any atom is -0.492 e. The number of ether oxygens (including phenoxy) is 1. The fourth-order valence-corrected chi connectivity index (χ4v) is 4.25. The number of aryl methyl sites for hydroxylation is 2. The summed E-state index contributed by atoms with van der Waals surface area (Å²) in [5.74, 6) is 0.352. The molecule has 0 unspecified atom stereocenters. The number of benzene rings is 2. The lowest BCUT2D eigenvalue weighted by molar-refractivity contribution is -0.122. The van der Waals surface area contributed by atoms with E-state index in [0.29, 0.717) is 17.1 Å². The molecule has 2 rings (SSSR count). The van der Waals surface area contributed by atoms with E-state index in [1.165, 1.54) is 5.56 Å². The lowest BCUT2D eigenvalue weighted by Gasteiger charge is -2.30. The van der Waals surface area contributed by atoms with Crippen molar-refractivity contribution in [3.8, 4) is 5.75 Å². The van der Waals surface area contributed by atoms with Gasteiger partial charge in [-0.15, -0.1) is 0 Å². The largest absolute Gasteiger partial charge is 0.492 e. The molecule has 0 heterocycles. The van der Waals surface area contributed by atoms with Crippen molar-refractivity contribution >= 4 is 33.2 Å². The number of amides is 1. The van der Waals surface area contributed by atoms with Crippen LogP contribution in [0.3, 0.4) is 0 Å². The molecule has 0 aliphatic heterocycles. The van der Waals surface area contributed by atoms with Gasteiger partial charge in [0, 0.05) is 5.02 Å². The molecular formula is C21H27ClN2O4S. The van der Waals surface area contributed by atoms with E-state index in [-0.39, 0.29) is 19.1 Å². The van der Waals surface area contributed by atoms with Gasteiger partial charge in [-0.25, -0.2) is 8.42 Å². The number of nitrogens with one attached hydrogen (secondary N) is 1. The molecule has 0 aromatic heterocycles. The van der Waals surface area contributed by atoms with Crippen molar-refractivity contribution in [3.05, 3.63) is 58.6 Å². The highest BCUT2D eigenvalue weighted by molar-refractivity contribution is 7.92. The van der Waals surface area contributed by atoms with Crippen LogP contribution in [0.2, 0.25) is 5.02 Å². The molecule has 0 fully saturated rings. The number of rotatable bonds is 9. The van der Waals surface area contributed by atoms with Crippen LogP contribution in [0.25, 0.3) is 0 Å². The third-order valence-corrected chi connectivity index (χ3v) is 5.99. The summed E-state index contributed by atoms with van der Waals surface area (Å²) in [5.41, 5.74) is 2.70. The summed E-state index contributed by atoms with van der Waals surface area (Å²) in [6, 6.07) is 11.3. The van der Waals surface area contributed by atoms with Crippen LogP contribution in [0, 0.1) is 13.8 Å². The Kier molecular flexibility index (Phi) is 7.93. The van der Waals surface area contributed by atoms with Crippen LogP contribution in [0.1, 0.15) is 24.5 Å². The summed E-state index contributed by atoms with van der Waals surface area (Å²) in [6.07, 6.45) is 1.40. The Hall–Kier alpha value is -2.25. The van der Waals surface area contributed by atoms with E-state index in [4.69, 9.17) is 16.3 Å². The first-order chi connectivity index (χ1) is 13.6. The Morgan fingerprint density at radius 2 is 1.79 bits per heavy atom. The van der Waals surface area contributed by atoms with E-state index >= 15 is 0 Å². The lowest BCUT2D eigenvalue weighted by Crippen LogP contribution is -2.50. The minimum absolute atomic E-state index is 0.264. The predicted molar refractivity (Wildman–Crippen MR) is 117 cm³/mol. The predicted octanol–water partition coefficient (Wildman–Crippen LogP) is 3.70. The second kappa shape index (κ2) is 9.98. The van der Waals surface area contributed by atoms with Gasteiger partial charge in [0.2, 0.25) is 15.9 Å². The first-order valence-electron chi connectivity index (χ1n) is 9.36. The van der Waals surface area contributed by atoms with Crippen molar-refractivity contribution in [2.45, 2.75) is 33.2 Å². The number of halogens is 1. The highest BCUT2D eigenvalue weighted by atomic mass is 35.5. The maximum absolute atomic E-state index is 12.7. The van der Waals surface area contributed by atoms with Gasteiger partial charge in [-0.2, -0.15) is 0 Å². The molecule has 158 valence electrons. The van der Waals surface area contributed by atoms with Crippen molar-refractivity contribution < 1.29 is 17.9 Å². The second-order valence-electron chi connectivity index (χ2n) is 6.84. The van der Waals surface area contributed by atoms with E-state index in [1.807, 2.05) is 32.0 Å². The second-order valence-corrected chi connectivity index (χ2v) is 9.14. The molecule has 0 aliphatic rings. The van der Waals surface area contributed by atoms with E-state index < -0.39 is 16.1 Å². The molecule has 1 amide bonds. The average Bonchev–Trinajstić information content (AvgIpc) is 2.66. The molecule has 2 aromatic carbocycles. The maximum Gasteiger partial charge on any atom is 0.244 e. The van der Waals surface area contributed by atoms with Gasteiger partial charge in [0.05, 0.1) is 18.5 Å². The van der Waals surface area contributed by atoms with Crippen LogP contribution in [0.15, 0.2) is 42.5 Å². The molecule has 2 aromatic rings. The maximum atomic E-state index is 12.7. The van der Waals surface area contributed by atoms with Crippen molar-refractivity contribution in [1.29, 1.82) is 0 Å². The highest BCUT2D eigenvalue weighted by Gasteiger charge is 2.31. The Labute approximate surface area is 177 Å². The van der Waals surface area contributed by atoms with Crippen molar-refractivity contribution in [2.75, 3.05) is 23.7 Å². The van der Waals surface area contributed by atoms with E-state index in [2.05, 4.69) is 5.32 Å². The Morgan fingerprint density at radius 3 is 2.34 bits per heavy atom. The highest BCUT2D eigenvalue weighted by Crippen LogP contribution is 2.24. The zero-order valence-corrected chi connectivity index (χ0v) is 18.7. The minimum atomic E-state index is -3.67. The number of sulfonamides is 1. The normalized spacial score (nSPS) is 12.3. The van der Waals surface area contributed by atoms with Crippen LogP contribution in [0.5, 0.6) is 5.75 Å². The molecule has 0 spiro atoms. The molecular weight excluding hydrogens is 412 g/mol. The molecule has 0 saturated heterocycles. The Balaban J connectivity index is 2.03. The van der Waals surface area contributed by atoms with E-state index in [9.17, 15) is 13.2 Å². The quantitative estimate of drug-likeness (QED) is 0.606. The van der Waals surface area contributed by atoms with E-state index in [0.717, 1.165) is 21.9 Å². The monoisotopic (exact) mass is 438 g/mol. The van der Waals surface area contributed by atoms with Gasteiger partial charge in [0.15, 0.2) is 0 Å². The van der Waals surface area contributed by atoms with Crippen molar-refractivity contribution in [2.24, 2.45) is 0 Å². The fourth-order valence-electron chi connectivity index (χ4n) is 2.91. The van der Waals surface area contributed by atoms with Gasteiger partial charge < -0.3 is 10.1 Å². The topological polar surface area (TPSA) is 75.7 Å². The van der Waals surface area contributed by atoms with Crippen LogP contribution in [0.4, 0.5) is 5.69 Å². The Bertz CT molecular complexity index is 946. The van der Waals surface area contributed by atoms with Gasteiger partial charge in [-0.1, -0.05) is 24.6 Å². The number of hydrogen-bond donors (Lipinski definition) is 1. The number of anilines is 1. The van der Waals surface area contributed by atoms with Gasteiger partial charge >= 0.3 is 0 Å². The van der Waals surface area contributed by atoms with E-state index in [1.54, 1.807) is 31.2 Å². The summed E-state index contributed by atoms with van der Waals surface area (Å²) in [5, 5.41) is 3.26. The van der Waals surface area contributed by atoms with Crippen LogP contribution >= 0.6 is 11.6 Å². The number of carbonyl (C=O) groups is 1. The van der Waals surface area contributed by atoms with Crippen molar-refractivity contribution in [1.82, 2.24) is 5.32 Å². The van der Waals surface area contributed by atoms with Crippen LogP contribution in [-0.4, -0.2) is 39.8 Å². The molecule has 0 aliphatic carbocycles. The van der Waals surface area contributed by atoms with Crippen LogP contribution in [-0.2, 0) is 14.8 Å². The third kappa shape index (κ3) is 6.37. The summed E-state index contributed by atoms with van der Waals surface area (Å²) < 4.78 is 31.6. The molecule has 0 radical (unpaired) electrons. The molecule has 1 atom stereocenters. The fraction of sp³-hybridized carbons (Fsp3) is 0.381. The zero-order chi connectivity index (χ0) is 21.6. The molecule has 0 saturated carbocycles. The molecule has 1 N–H and O–H groups in total. The average molecular weight is 439 g/mol. The van der Waals surface area contributed by atoms with Crippen LogP contribution < -0.4 is 14.4 Å². The van der Waals surface area contributed by atoms with Gasteiger partial charge in [-0.3, -0.25) is 9.10 Å².